The van der Waals surface area contributed by atoms with E-state index in [1.54, 1.807) is 24.3 Å². The molecule has 0 amide bonds. The summed E-state index contributed by atoms with van der Waals surface area (Å²) in [6.45, 7) is 0. The molecule has 0 bridgehead atoms. The predicted molar refractivity (Wildman–Crippen MR) is 87.0 cm³/mol. The molecular weight excluding hydrogens is 272 g/mol. The number of hydrogen-bond donors (Lipinski definition) is 2. The van der Waals surface area contributed by atoms with Gasteiger partial charge < -0.3 is 10.2 Å². The third-order valence-corrected chi connectivity index (χ3v) is 5.79. The fourth-order valence-electron chi connectivity index (χ4n) is 4.10. The van der Waals surface area contributed by atoms with Crippen LogP contribution in [0.1, 0.15) is 36.8 Å². The van der Waals surface area contributed by atoms with E-state index in [0.717, 1.165) is 12.8 Å². The summed E-state index contributed by atoms with van der Waals surface area (Å²) in [6.07, 6.45) is 7.56. The molecule has 0 aliphatic heterocycles. The summed E-state index contributed by atoms with van der Waals surface area (Å²) in [5.74, 6) is 0.692. The second-order valence-corrected chi connectivity index (χ2v) is 7.25. The lowest BCUT2D eigenvalue weighted by Gasteiger charge is -2.27. The van der Waals surface area contributed by atoms with Crippen molar-refractivity contribution in [2.75, 3.05) is 0 Å². The molecule has 2 heteroatoms. The van der Waals surface area contributed by atoms with E-state index in [1.807, 2.05) is 0 Å². The van der Waals surface area contributed by atoms with E-state index in [2.05, 4.69) is 24.3 Å². The van der Waals surface area contributed by atoms with Crippen LogP contribution in [0.25, 0.3) is 0 Å². The molecule has 0 spiro atoms. The summed E-state index contributed by atoms with van der Waals surface area (Å²) < 4.78 is 0. The highest BCUT2D eigenvalue weighted by Crippen LogP contribution is 2.72. The van der Waals surface area contributed by atoms with Gasteiger partial charge in [-0.25, -0.2) is 0 Å². The summed E-state index contributed by atoms with van der Waals surface area (Å²) in [6, 6.07) is 15.4. The Balaban J connectivity index is 1.52. The first kappa shape index (κ1) is 13.7. The van der Waals surface area contributed by atoms with Gasteiger partial charge in [0.2, 0.25) is 0 Å². The van der Waals surface area contributed by atoms with E-state index in [4.69, 9.17) is 0 Å². The Morgan fingerprint density at radius 2 is 0.909 bits per heavy atom. The van der Waals surface area contributed by atoms with Crippen LogP contribution in [-0.4, -0.2) is 10.2 Å². The van der Waals surface area contributed by atoms with Crippen molar-refractivity contribution in [1.29, 1.82) is 0 Å². The second kappa shape index (κ2) is 4.77. The number of benzene rings is 2. The van der Waals surface area contributed by atoms with Crippen LogP contribution in [0.3, 0.4) is 0 Å². The Kier molecular flexibility index (Phi) is 2.97. The zero-order valence-electron chi connectivity index (χ0n) is 12.8. The van der Waals surface area contributed by atoms with Gasteiger partial charge >= 0.3 is 0 Å². The Morgan fingerprint density at radius 3 is 1.18 bits per heavy atom. The Hall–Kier alpha value is -1.96. The fraction of sp³-hybridized carbons (Fsp3) is 0.400. The summed E-state index contributed by atoms with van der Waals surface area (Å²) in [5.41, 5.74) is 3.60. The number of hydrogen-bond acceptors (Lipinski definition) is 2. The average Bonchev–Trinajstić information content (AvgIpc) is 3.41. The van der Waals surface area contributed by atoms with E-state index < -0.39 is 0 Å². The molecule has 2 aliphatic carbocycles. The highest BCUT2D eigenvalue weighted by Gasteiger charge is 2.64. The van der Waals surface area contributed by atoms with Crippen LogP contribution in [0.4, 0.5) is 0 Å². The topological polar surface area (TPSA) is 40.5 Å². The molecule has 0 atom stereocenters. The van der Waals surface area contributed by atoms with Gasteiger partial charge in [-0.3, -0.25) is 0 Å². The molecule has 2 aliphatic rings. The second-order valence-electron chi connectivity index (χ2n) is 7.25. The van der Waals surface area contributed by atoms with Gasteiger partial charge in [-0.1, -0.05) is 24.3 Å². The van der Waals surface area contributed by atoms with E-state index in [-0.39, 0.29) is 0 Å². The standard InChI is InChI=1S/C20H22O2/c21-17-5-1-15(2-6-17)13-19(9-10-19)20(11-12-20)14-16-3-7-18(22)8-4-16/h1-8,21-22H,9-14H2. The average molecular weight is 294 g/mol. The molecule has 2 aromatic carbocycles. The smallest absolute Gasteiger partial charge is 0.115 e. The number of aromatic hydroxyl groups is 2. The van der Waals surface area contributed by atoms with Crippen molar-refractivity contribution in [2.24, 2.45) is 10.8 Å². The van der Waals surface area contributed by atoms with Crippen molar-refractivity contribution in [3.63, 3.8) is 0 Å². The molecule has 22 heavy (non-hydrogen) atoms. The van der Waals surface area contributed by atoms with Crippen LogP contribution >= 0.6 is 0 Å². The van der Waals surface area contributed by atoms with Crippen molar-refractivity contribution in [1.82, 2.24) is 0 Å². The van der Waals surface area contributed by atoms with Crippen molar-refractivity contribution in [2.45, 2.75) is 38.5 Å². The molecule has 2 N–H and O–H groups in total. The number of rotatable bonds is 5. The van der Waals surface area contributed by atoms with Crippen LogP contribution in [0.5, 0.6) is 11.5 Å². The van der Waals surface area contributed by atoms with Gasteiger partial charge in [0, 0.05) is 0 Å². The molecule has 114 valence electrons. The lowest BCUT2D eigenvalue weighted by molar-refractivity contribution is 0.275. The lowest BCUT2D eigenvalue weighted by Crippen LogP contribution is -2.22. The number of phenolic OH excluding ortho intramolecular Hbond substituents is 2. The minimum absolute atomic E-state index is 0.346. The molecule has 2 nitrogen and oxygen atoms in total. The van der Waals surface area contributed by atoms with Gasteiger partial charge in [0.05, 0.1) is 0 Å². The highest BCUT2D eigenvalue weighted by atomic mass is 16.3. The largest absolute Gasteiger partial charge is 0.508 e. The third-order valence-electron chi connectivity index (χ3n) is 5.79. The third kappa shape index (κ3) is 2.37. The summed E-state index contributed by atoms with van der Waals surface area (Å²) in [4.78, 5) is 0. The molecule has 0 heterocycles. The lowest BCUT2D eigenvalue weighted by atomic mass is 9.77. The molecule has 0 unspecified atom stereocenters. The summed E-state index contributed by atoms with van der Waals surface area (Å²) in [7, 11) is 0. The molecule has 4 rings (SSSR count). The molecule has 0 radical (unpaired) electrons. The first-order valence-electron chi connectivity index (χ1n) is 8.17. The normalized spacial score (nSPS) is 20.5. The van der Waals surface area contributed by atoms with Crippen LogP contribution in [-0.2, 0) is 12.8 Å². The zero-order chi connectivity index (χ0) is 15.2. The first-order chi connectivity index (χ1) is 10.6. The SMILES string of the molecule is Oc1ccc(CC2(C3(Cc4ccc(O)cc4)CC3)CC2)cc1. The Morgan fingerprint density at radius 1 is 0.591 bits per heavy atom. The van der Waals surface area contributed by atoms with E-state index in [1.165, 1.54) is 36.8 Å². The van der Waals surface area contributed by atoms with Crippen molar-refractivity contribution in [3.8, 4) is 11.5 Å². The minimum Gasteiger partial charge on any atom is -0.508 e. The Bertz CT molecular complexity index is 600. The van der Waals surface area contributed by atoms with E-state index in [9.17, 15) is 10.2 Å². The fourth-order valence-corrected chi connectivity index (χ4v) is 4.10. The predicted octanol–water partition coefficient (Wildman–Crippen LogP) is 4.44. The van der Waals surface area contributed by atoms with Crippen molar-refractivity contribution < 1.29 is 10.2 Å². The maximum atomic E-state index is 9.44. The molecule has 2 fully saturated rings. The summed E-state index contributed by atoms with van der Waals surface area (Å²) in [5, 5.41) is 18.9. The molecule has 2 aromatic rings. The van der Waals surface area contributed by atoms with E-state index >= 15 is 0 Å². The minimum atomic E-state index is 0.346. The molecule has 0 saturated heterocycles. The maximum Gasteiger partial charge on any atom is 0.115 e. The molecule has 0 aromatic heterocycles. The van der Waals surface area contributed by atoms with E-state index in [0.29, 0.717) is 22.3 Å². The van der Waals surface area contributed by atoms with Crippen LogP contribution in [0.15, 0.2) is 48.5 Å². The zero-order valence-corrected chi connectivity index (χ0v) is 12.8. The van der Waals surface area contributed by atoms with Gasteiger partial charge in [0.25, 0.3) is 0 Å². The highest BCUT2D eigenvalue weighted by molar-refractivity contribution is 5.32. The van der Waals surface area contributed by atoms with Crippen LogP contribution in [0.2, 0.25) is 0 Å². The number of phenols is 2. The summed E-state index contributed by atoms with van der Waals surface area (Å²) >= 11 is 0. The quantitative estimate of drug-likeness (QED) is 0.855. The van der Waals surface area contributed by atoms with Gasteiger partial charge in [-0.2, -0.15) is 0 Å². The van der Waals surface area contributed by atoms with Gasteiger partial charge in [0.1, 0.15) is 11.5 Å². The van der Waals surface area contributed by atoms with Crippen molar-refractivity contribution in [3.05, 3.63) is 59.7 Å². The van der Waals surface area contributed by atoms with Gasteiger partial charge in [-0.05, 0) is 84.7 Å². The van der Waals surface area contributed by atoms with Gasteiger partial charge in [-0.15, -0.1) is 0 Å². The van der Waals surface area contributed by atoms with Crippen molar-refractivity contribution >= 4 is 0 Å². The molecular formula is C20H22O2. The molecule has 2 saturated carbocycles. The van der Waals surface area contributed by atoms with Gasteiger partial charge in [0.15, 0.2) is 0 Å². The maximum absolute atomic E-state index is 9.44. The first-order valence-corrected chi connectivity index (χ1v) is 8.17. The van der Waals surface area contributed by atoms with Crippen LogP contribution in [0, 0.1) is 10.8 Å². The monoisotopic (exact) mass is 294 g/mol. The Labute approximate surface area is 131 Å². The van der Waals surface area contributed by atoms with Crippen LogP contribution < -0.4 is 0 Å².